The van der Waals surface area contributed by atoms with Crippen molar-refractivity contribution in [2.45, 2.75) is 37.8 Å². The first-order valence-electron chi connectivity index (χ1n) is 18.4. The molecule has 10 nitrogen and oxygen atoms in total. The summed E-state index contributed by atoms with van der Waals surface area (Å²) in [7, 11) is 0. The van der Waals surface area contributed by atoms with Gasteiger partial charge in [0.25, 0.3) is 23.7 Å². The molecule has 4 aliphatic heterocycles. The Morgan fingerprint density at radius 3 is 1.54 bits per heavy atom. The maximum absolute atomic E-state index is 14.0. The Bertz CT molecular complexity index is 2480. The standard InChI is InChI=1S/C22H19ClF2N4O2.C21H18ClF2N3O/c1-22(24,25)11-29-19(12-5-7-14(23)8-6-12)17-16(20(29)30)10-27-18(17)13-3-2-4-15(9-13)28-21(26)31;1-21(23,24)11-27-19(12-5-7-14(22)8-6-12)17-16(20(27)28)10-26-18(17)13-3-2-4-15(25)9-13/h2-9,19H,10-11H2,1H3,(H3,26,28,31);2-9,19H,10-11,25H2,1H3. The summed E-state index contributed by atoms with van der Waals surface area (Å²) < 4.78 is 55.7. The topological polar surface area (TPSA) is 146 Å². The van der Waals surface area contributed by atoms with E-state index in [4.69, 9.17) is 34.7 Å². The second-order valence-corrected chi connectivity index (χ2v) is 15.6. The van der Waals surface area contributed by atoms with Crippen molar-refractivity contribution in [3.63, 3.8) is 0 Å². The molecule has 4 aromatic carbocycles. The minimum absolute atomic E-state index is 0.104. The Labute approximate surface area is 346 Å². The van der Waals surface area contributed by atoms with Crippen molar-refractivity contribution in [1.82, 2.24) is 9.80 Å². The number of amides is 4. The zero-order valence-corrected chi connectivity index (χ0v) is 33.2. The number of carbonyl (C=O) groups excluding carboxylic acids is 3. The van der Waals surface area contributed by atoms with Gasteiger partial charge >= 0.3 is 6.03 Å². The lowest BCUT2D eigenvalue weighted by Crippen LogP contribution is -2.40. The third kappa shape index (κ3) is 8.74. The molecule has 5 N–H and O–H groups in total. The number of rotatable bonds is 9. The monoisotopic (exact) mass is 845 g/mol. The molecule has 0 aliphatic carbocycles. The van der Waals surface area contributed by atoms with Gasteiger partial charge in [-0.2, -0.15) is 0 Å². The van der Waals surface area contributed by atoms with Crippen LogP contribution in [0.3, 0.4) is 0 Å². The smallest absolute Gasteiger partial charge is 0.316 e. The number of halogens is 6. The molecular formula is C43H37Cl2F4N7O3. The number of anilines is 2. The van der Waals surface area contributed by atoms with Crippen molar-refractivity contribution in [3.8, 4) is 0 Å². The first-order valence-corrected chi connectivity index (χ1v) is 19.1. The molecule has 4 amide bonds. The van der Waals surface area contributed by atoms with Gasteiger partial charge in [0.05, 0.1) is 49.7 Å². The van der Waals surface area contributed by atoms with Crippen LogP contribution in [-0.4, -0.2) is 77.1 Å². The highest BCUT2D eigenvalue weighted by atomic mass is 35.5. The largest absolute Gasteiger partial charge is 0.399 e. The van der Waals surface area contributed by atoms with E-state index in [-0.39, 0.29) is 13.1 Å². The molecule has 4 aromatic rings. The number of nitrogens with one attached hydrogen (secondary N) is 1. The molecule has 2 unspecified atom stereocenters. The van der Waals surface area contributed by atoms with Crippen LogP contribution in [0, 0.1) is 0 Å². The van der Waals surface area contributed by atoms with Gasteiger partial charge in [0, 0.05) is 68.7 Å². The molecule has 4 heterocycles. The Morgan fingerprint density at radius 1 is 0.712 bits per heavy atom. The van der Waals surface area contributed by atoms with Crippen LogP contribution in [0.2, 0.25) is 10.0 Å². The number of nitrogens with two attached hydrogens (primary N) is 2. The Morgan fingerprint density at radius 2 is 1.14 bits per heavy atom. The highest BCUT2D eigenvalue weighted by Crippen LogP contribution is 2.45. The number of nitrogen functional groups attached to an aromatic ring is 1. The van der Waals surface area contributed by atoms with E-state index in [1.54, 1.807) is 91.0 Å². The van der Waals surface area contributed by atoms with E-state index in [2.05, 4.69) is 15.3 Å². The third-order valence-electron chi connectivity index (χ3n) is 9.99. The molecule has 2 atom stereocenters. The highest BCUT2D eigenvalue weighted by molar-refractivity contribution is 6.31. The first-order chi connectivity index (χ1) is 27.9. The number of hydrogen-bond donors (Lipinski definition) is 3. The van der Waals surface area contributed by atoms with Gasteiger partial charge < -0.3 is 26.6 Å². The number of carbonyl (C=O) groups is 3. The van der Waals surface area contributed by atoms with E-state index in [1.807, 2.05) is 6.07 Å². The Balaban J connectivity index is 0.000000180. The maximum Gasteiger partial charge on any atom is 0.316 e. The van der Waals surface area contributed by atoms with Crippen LogP contribution in [0.15, 0.2) is 129 Å². The lowest BCUT2D eigenvalue weighted by molar-refractivity contribution is -0.132. The summed E-state index contributed by atoms with van der Waals surface area (Å²) in [6.45, 7) is 0.492. The zero-order chi connectivity index (χ0) is 42.4. The fourth-order valence-corrected chi connectivity index (χ4v) is 8.02. The van der Waals surface area contributed by atoms with Gasteiger partial charge in [-0.15, -0.1) is 0 Å². The van der Waals surface area contributed by atoms with Gasteiger partial charge in [-0.25, -0.2) is 22.4 Å². The fraction of sp³-hybridized carbons (Fsp3) is 0.233. The van der Waals surface area contributed by atoms with Crippen LogP contribution in [0.5, 0.6) is 0 Å². The zero-order valence-electron chi connectivity index (χ0n) is 31.7. The number of nitrogens with zero attached hydrogens (tertiary/aromatic N) is 4. The molecule has 0 fully saturated rings. The summed E-state index contributed by atoms with van der Waals surface area (Å²) >= 11 is 12.0. The molecule has 0 radical (unpaired) electrons. The summed E-state index contributed by atoms with van der Waals surface area (Å²) in [6.07, 6.45) is 0. The lowest BCUT2D eigenvalue weighted by Gasteiger charge is -2.30. The molecule has 0 spiro atoms. The average Bonchev–Trinajstić information content (AvgIpc) is 3.91. The predicted octanol–water partition coefficient (Wildman–Crippen LogP) is 8.43. The first kappa shape index (κ1) is 41.2. The van der Waals surface area contributed by atoms with E-state index in [9.17, 15) is 31.9 Å². The number of primary amides is 1. The van der Waals surface area contributed by atoms with Gasteiger partial charge in [-0.05, 0) is 59.7 Å². The minimum Gasteiger partial charge on any atom is -0.399 e. The van der Waals surface area contributed by atoms with E-state index >= 15 is 0 Å². The van der Waals surface area contributed by atoms with E-state index < -0.39 is 54.9 Å². The number of aliphatic imine (C=N–C) groups is 2. The molecule has 304 valence electrons. The van der Waals surface area contributed by atoms with Gasteiger partial charge in [0.15, 0.2) is 0 Å². The predicted molar refractivity (Wildman–Crippen MR) is 220 cm³/mol. The van der Waals surface area contributed by atoms with Crippen LogP contribution in [0.25, 0.3) is 0 Å². The van der Waals surface area contributed by atoms with Crippen LogP contribution in [0.1, 0.15) is 48.2 Å². The van der Waals surface area contributed by atoms with E-state index in [0.717, 1.165) is 19.4 Å². The molecule has 8 rings (SSSR count). The molecule has 0 saturated carbocycles. The molecular weight excluding hydrogens is 809 g/mol. The van der Waals surface area contributed by atoms with E-state index in [1.165, 1.54) is 9.80 Å². The van der Waals surface area contributed by atoms with Crippen LogP contribution in [-0.2, 0) is 9.59 Å². The van der Waals surface area contributed by atoms with Crippen molar-refractivity contribution in [2.75, 3.05) is 37.2 Å². The number of benzene rings is 4. The Kier molecular flexibility index (Phi) is 11.2. The lowest BCUT2D eigenvalue weighted by atomic mass is 9.91. The van der Waals surface area contributed by atoms with Crippen molar-refractivity contribution in [3.05, 3.63) is 152 Å². The fourth-order valence-electron chi connectivity index (χ4n) is 7.76. The number of urea groups is 1. The summed E-state index contributed by atoms with van der Waals surface area (Å²) in [5.41, 5.74) is 18.2. The molecule has 0 aromatic heterocycles. The summed E-state index contributed by atoms with van der Waals surface area (Å²) in [6, 6.07) is 25.6. The summed E-state index contributed by atoms with van der Waals surface area (Å²) in [4.78, 5) is 48.7. The normalized spacial score (nSPS) is 18.8. The second-order valence-electron chi connectivity index (χ2n) is 14.7. The number of hydrogen-bond acceptors (Lipinski definition) is 6. The summed E-state index contributed by atoms with van der Waals surface area (Å²) in [5.74, 6) is -6.95. The van der Waals surface area contributed by atoms with Gasteiger partial charge in [0.2, 0.25) is 0 Å². The minimum atomic E-state index is -3.07. The maximum atomic E-state index is 14.0. The molecule has 0 bridgehead atoms. The highest BCUT2D eigenvalue weighted by Gasteiger charge is 2.48. The van der Waals surface area contributed by atoms with Crippen molar-refractivity contribution in [1.29, 1.82) is 0 Å². The van der Waals surface area contributed by atoms with Crippen LogP contribution in [0.4, 0.5) is 33.7 Å². The van der Waals surface area contributed by atoms with Crippen LogP contribution < -0.4 is 16.8 Å². The van der Waals surface area contributed by atoms with Crippen LogP contribution >= 0.6 is 23.2 Å². The number of alkyl halides is 4. The molecule has 4 aliphatic rings. The Hall–Kier alpha value is -5.99. The quantitative estimate of drug-likeness (QED) is 0.115. The van der Waals surface area contributed by atoms with Crippen molar-refractivity contribution in [2.24, 2.45) is 15.7 Å². The van der Waals surface area contributed by atoms with E-state index in [0.29, 0.717) is 71.8 Å². The summed E-state index contributed by atoms with van der Waals surface area (Å²) in [5, 5.41) is 3.54. The molecule has 16 heteroatoms. The molecule has 59 heavy (non-hydrogen) atoms. The van der Waals surface area contributed by atoms with Gasteiger partial charge in [-0.1, -0.05) is 71.7 Å². The SMILES string of the molecule is CC(F)(F)CN1C(=O)C2=C(C(c3cccc(N)c3)=NC2)C1c1ccc(Cl)cc1.CC(F)(F)CN1C(=O)C2=C(C(c3cccc(NC(N)=O)c3)=NC2)C1c1ccc(Cl)cc1. The average molecular weight is 847 g/mol. The van der Waals surface area contributed by atoms with Crippen molar-refractivity contribution < 1.29 is 31.9 Å². The third-order valence-corrected chi connectivity index (χ3v) is 10.5. The van der Waals surface area contributed by atoms with Gasteiger partial charge in [-0.3, -0.25) is 19.6 Å². The second kappa shape index (κ2) is 16.0. The van der Waals surface area contributed by atoms with Gasteiger partial charge in [0.1, 0.15) is 0 Å². The van der Waals surface area contributed by atoms with Crippen molar-refractivity contribution >= 4 is 63.8 Å². The molecule has 0 saturated heterocycles.